The molecule has 3 heterocycles. The Morgan fingerprint density at radius 1 is 1.26 bits per heavy atom. The van der Waals surface area contributed by atoms with Crippen molar-refractivity contribution in [1.82, 2.24) is 25.2 Å². The maximum absolute atomic E-state index is 11.6. The number of likely N-dealkylation sites (tertiary alicyclic amines) is 1. The highest BCUT2D eigenvalue weighted by Gasteiger charge is 2.21. The molecule has 31 heavy (non-hydrogen) atoms. The Kier molecular flexibility index (Phi) is 6.87. The van der Waals surface area contributed by atoms with E-state index in [9.17, 15) is 4.79 Å². The fourth-order valence-corrected chi connectivity index (χ4v) is 4.50. The molecule has 0 aliphatic carbocycles. The summed E-state index contributed by atoms with van der Waals surface area (Å²) in [5.41, 5.74) is 4.56. The Morgan fingerprint density at radius 3 is 2.68 bits per heavy atom. The van der Waals surface area contributed by atoms with E-state index in [1.807, 2.05) is 30.5 Å². The van der Waals surface area contributed by atoms with E-state index in [0.717, 1.165) is 58.6 Å². The molecule has 1 fully saturated rings. The van der Waals surface area contributed by atoms with E-state index in [1.165, 1.54) is 13.0 Å². The van der Waals surface area contributed by atoms with Crippen LogP contribution in [0.2, 0.25) is 0 Å². The van der Waals surface area contributed by atoms with Gasteiger partial charge in [-0.3, -0.25) is 4.79 Å². The summed E-state index contributed by atoms with van der Waals surface area (Å²) in [4.78, 5) is 26.8. The highest BCUT2D eigenvalue weighted by Crippen LogP contribution is 2.32. The first-order valence-electron chi connectivity index (χ1n) is 10.9. The Morgan fingerprint density at radius 2 is 2.00 bits per heavy atom. The van der Waals surface area contributed by atoms with Crippen LogP contribution in [0, 0.1) is 0 Å². The van der Waals surface area contributed by atoms with Gasteiger partial charge in [0.1, 0.15) is 11.3 Å². The van der Waals surface area contributed by atoms with Crippen molar-refractivity contribution in [3.8, 4) is 11.4 Å². The topological polar surface area (TPSA) is 85.9 Å². The molecule has 164 valence electrons. The first-order valence-corrected chi connectivity index (χ1v) is 11.7. The van der Waals surface area contributed by atoms with Crippen LogP contribution in [-0.2, 0) is 11.2 Å². The summed E-state index contributed by atoms with van der Waals surface area (Å²) in [6, 6.07) is 8.34. The van der Waals surface area contributed by atoms with Crippen LogP contribution in [0.1, 0.15) is 31.7 Å². The summed E-state index contributed by atoms with van der Waals surface area (Å²) < 4.78 is 0.937. The monoisotopic (exact) mass is 484 g/mol. The molecule has 1 amide bonds. The zero-order valence-corrected chi connectivity index (χ0v) is 19.6. The fourth-order valence-electron chi connectivity index (χ4n) is 4.09. The van der Waals surface area contributed by atoms with Gasteiger partial charge >= 0.3 is 0 Å². The number of fused-ring (bicyclic) bond motifs is 1. The van der Waals surface area contributed by atoms with Gasteiger partial charge in [0.05, 0.1) is 16.6 Å². The molecule has 0 saturated carbocycles. The molecule has 7 nitrogen and oxygen atoms in total. The SMILES string of the molecule is CCCN1CCC(Nc2c(Br)cnc3nc(-c4ccc(CC(=O)NC)cc4)[nH]c23)CC1. The number of hydrogen-bond donors (Lipinski definition) is 3. The Hall–Kier alpha value is -2.45. The van der Waals surface area contributed by atoms with Gasteiger partial charge in [0.2, 0.25) is 5.91 Å². The molecule has 0 radical (unpaired) electrons. The Labute approximate surface area is 191 Å². The van der Waals surface area contributed by atoms with Crippen molar-refractivity contribution >= 4 is 38.7 Å². The fraction of sp³-hybridized carbons (Fsp3) is 0.435. The third-order valence-corrected chi connectivity index (χ3v) is 6.42. The summed E-state index contributed by atoms with van der Waals surface area (Å²) in [5.74, 6) is 0.773. The molecule has 0 bridgehead atoms. The molecule has 1 aromatic carbocycles. The molecular formula is C23H29BrN6O. The van der Waals surface area contributed by atoms with Crippen molar-refractivity contribution in [1.29, 1.82) is 0 Å². The van der Waals surface area contributed by atoms with Crippen LogP contribution in [-0.4, -0.2) is 58.5 Å². The highest BCUT2D eigenvalue weighted by molar-refractivity contribution is 9.10. The molecule has 2 aromatic heterocycles. The van der Waals surface area contributed by atoms with E-state index >= 15 is 0 Å². The molecule has 1 aliphatic heterocycles. The van der Waals surface area contributed by atoms with Crippen LogP contribution in [0.3, 0.4) is 0 Å². The third kappa shape index (κ3) is 5.07. The molecule has 3 aromatic rings. The average molecular weight is 485 g/mol. The maximum atomic E-state index is 11.6. The van der Waals surface area contributed by atoms with Crippen molar-refractivity contribution in [2.45, 2.75) is 38.6 Å². The second-order valence-electron chi connectivity index (χ2n) is 8.07. The first-order chi connectivity index (χ1) is 15.1. The largest absolute Gasteiger partial charge is 0.379 e. The van der Waals surface area contributed by atoms with Crippen molar-refractivity contribution in [2.75, 3.05) is 32.0 Å². The van der Waals surface area contributed by atoms with E-state index in [0.29, 0.717) is 18.1 Å². The summed E-state index contributed by atoms with van der Waals surface area (Å²) in [7, 11) is 1.65. The van der Waals surface area contributed by atoms with Gasteiger partial charge in [-0.2, -0.15) is 0 Å². The minimum atomic E-state index is 0.00165. The van der Waals surface area contributed by atoms with E-state index in [4.69, 9.17) is 4.98 Å². The number of nitrogens with one attached hydrogen (secondary N) is 3. The molecule has 0 unspecified atom stereocenters. The van der Waals surface area contributed by atoms with Gasteiger partial charge in [0.25, 0.3) is 0 Å². The van der Waals surface area contributed by atoms with E-state index in [2.05, 4.69) is 48.4 Å². The lowest BCUT2D eigenvalue weighted by Crippen LogP contribution is -2.39. The second-order valence-corrected chi connectivity index (χ2v) is 8.93. The molecule has 8 heteroatoms. The zero-order chi connectivity index (χ0) is 21.8. The van der Waals surface area contributed by atoms with Gasteiger partial charge in [0, 0.05) is 37.9 Å². The molecular weight excluding hydrogens is 456 g/mol. The number of hydrogen-bond acceptors (Lipinski definition) is 5. The van der Waals surface area contributed by atoms with Gasteiger partial charge in [-0.05, 0) is 47.3 Å². The number of pyridine rings is 1. The van der Waals surface area contributed by atoms with Crippen LogP contribution < -0.4 is 10.6 Å². The van der Waals surface area contributed by atoms with E-state index in [-0.39, 0.29) is 5.91 Å². The van der Waals surface area contributed by atoms with E-state index < -0.39 is 0 Å². The lowest BCUT2D eigenvalue weighted by atomic mass is 10.0. The van der Waals surface area contributed by atoms with E-state index in [1.54, 1.807) is 7.05 Å². The number of aromatic nitrogens is 3. The number of imidazole rings is 1. The molecule has 3 N–H and O–H groups in total. The second kappa shape index (κ2) is 9.78. The van der Waals surface area contributed by atoms with Gasteiger partial charge in [-0.1, -0.05) is 31.2 Å². The normalized spacial score (nSPS) is 15.3. The smallest absolute Gasteiger partial charge is 0.224 e. The lowest BCUT2D eigenvalue weighted by molar-refractivity contribution is -0.119. The van der Waals surface area contributed by atoms with Gasteiger partial charge in [-0.25, -0.2) is 9.97 Å². The van der Waals surface area contributed by atoms with Gasteiger partial charge in [-0.15, -0.1) is 0 Å². The van der Waals surface area contributed by atoms with Crippen LogP contribution in [0.5, 0.6) is 0 Å². The number of carbonyl (C=O) groups is 1. The van der Waals surface area contributed by atoms with Crippen molar-refractivity contribution in [2.24, 2.45) is 0 Å². The van der Waals surface area contributed by atoms with Crippen LogP contribution >= 0.6 is 15.9 Å². The minimum Gasteiger partial charge on any atom is -0.379 e. The number of carbonyl (C=O) groups excluding carboxylic acids is 1. The van der Waals surface area contributed by atoms with Crippen molar-refractivity contribution in [3.05, 3.63) is 40.5 Å². The Balaban J connectivity index is 1.54. The predicted molar refractivity (Wildman–Crippen MR) is 128 cm³/mol. The average Bonchev–Trinajstić information content (AvgIpc) is 3.22. The van der Waals surface area contributed by atoms with Crippen molar-refractivity contribution in [3.63, 3.8) is 0 Å². The molecule has 1 aliphatic rings. The number of halogens is 1. The number of H-pyrrole nitrogens is 1. The summed E-state index contributed by atoms with van der Waals surface area (Å²) in [5, 5.41) is 6.38. The quantitative estimate of drug-likeness (QED) is 0.472. The van der Waals surface area contributed by atoms with Crippen LogP contribution in [0.15, 0.2) is 34.9 Å². The summed E-state index contributed by atoms with van der Waals surface area (Å²) in [6.45, 7) is 5.68. The number of likely N-dealkylation sites (N-methyl/N-ethyl adjacent to an activating group) is 1. The van der Waals surface area contributed by atoms with Gasteiger partial charge in [0.15, 0.2) is 5.65 Å². The summed E-state index contributed by atoms with van der Waals surface area (Å²) >= 11 is 3.66. The van der Waals surface area contributed by atoms with Crippen LogP contribution in [0.4, 0.5) is 5.69 Å². The predicted octanol–water partition coefficient (Wildman–Crippen LogP) is 3.96. The number of nitrogens with zero attached hydrogens (tertiary/aromatic N) is 3. The molecule has 4 rings (SSSR count). The number of benzene rings is 1. The minimum absolute atomic E-state index is 0.00165. The number of anilines is 1. The molecule has 0 spiro atoms. The third-order valence-electron chi connectivity index (χ3n) is 5.82. The molecule has 1 saturated heterocycles. The Bertz CT molecular complexity index is 1040. The zero-order valence-electron chi connectivity index (χ0n) is 18.0. The number of piperidine rings is 1. The first kappa shape index (κ1) is 21.8. The molecule has 0 atom stereocenters. The highest BCUT2D eigenvalue weighted by atomic mass is 79.9. The standard InChI is InChI=1S/C23H29BrN6O/c1-3-10-30-11-8-17(9-12-30)27-20-18(24)14-26-23-21(20)28-22(29-23)16-6-4-15(5-7-16)13-19(31)25-2/h4-7,14,17H,3,8-13H2,1-2H3,(H,25,31)(H2,26,27,28,29). The number of aromatic amines is 1. The lowest BCUT2D eigenvalue weighted by Gasteiger charge is -2.32. The number of amides is 1. The summed E-state index contributed by atoms with van der Waals surface area (Å²) in [6.07, 6.45) is 5.65. The number of rotatable bonds is 7. The van der Waals surface area contributed by atoms with Crippen molar-refractivity contribution < 1.29 is 4.79 Å². The van der Waals surface area contributed by atoms with Gasteiger partial charge < -0.3 is 20.5 Å². The maximum Gasteiger partial charge on any atom is 0.224 e. The van der Waals surface area contributed by atoms with Crippen LogP contribution in [0.25, 0.3) is 22.6 Å².